The van der Waals surface area contributed by atoms with Gasteiger partial charge < -0.3 is 10.2 Å². The molecule has 0 aliphatic heterocycles. The number of hydrogen-bond acceptors (Lipinski definition) is 4. The normalized spacial score (nSPS) is 11.5. The highest BCUT2D eigenvalue weighted by atomic mass is 79.9. The lowest BCUT2D eigenvalue weighted by atomic mass is 10.3. The van der Waals surface area contributed by atoms with E-state index < -0.39 is 10.0 Å². The molecule has 0 aliphatic rings. The zero-order valence-corrected chi connectivity index (χ0v) is 12.7. The highest BCUT2D eigenvalue weighted by molar-refractivity contribution is 9.10. The number of halogens is 2. The molecule has 0 atom stereocenters. The fourth-order valence-corrected chi connectivity index (χ4v) is 3.06. The first-order valence-corrected chi connectivity index (χ1v) is 7.84. The maximum atomic E-state index is 12.1. The summed E-state index contributed by atoms with van der Waals surface area (Å²) in [5, 5.41) is 0.225. The van der Waals surface area contributed by atoms with Gasteiger partial charge in [-0.3, -0.25) is 4.72 Å². The Morgan fingerprint density at radius 3 is 2.68 bits per heavy atom. The zero-order valence-electron chi connectivity index (χ0n) is 9.56. The zero-order chi connectivity index (χ0) is 14.0. The van der Waals surface area contributed by atoms with Gasteiger partial charge in [0.15, 0.2) is 0 Å². The van der Waals surface area contributed by atoms with E-state index in [0.717, 1.165) is 0 Å². The molecule has 1 aromatic carbocycles. The van der Waals surface area contributed by atoms with Crippen molar-refractivity contribution in [3.8, 4) is 0 Å². The topological polar surface area (TPSA) is 85.3 Å². The summed E-state index contributed by atoms with van der Waals surface area (Å²) in [6, 6.07) is 7.65. The lowest BCUT2D eigenvalue weighted by molar-refractivity contribution is 0.417. The van der Waals surface area contributed by atoms with Gasteiger partial charge in [-0.1, -0.05) is 11.6 Å². The second-order valence-corrected chi connectivity index (χ2v) is 6.56. The van der Waals surface area contributed by atoms with Crippen LogP contribution in [0.15, 0.2) is 44.3 Å². The van der Waals surface area contributed by atoms with E-state index in [0.29, 0.717) is 20.9 Å². The van der Waals surface area contributed by atoms with Crippen molar-refractivity contribution < 1.29 is 12.8 Å². The van der Waals surface area contributed by atoms with Gasteiger partial charge in [-0.25, -0.2) is 0 Å². The lowest BCUT2D eigenvalue weighted by Crippen LogP contribution is -2.12. The van der Waals surface area contributed by atoms with Crippen molar-refractivity contribution in [1.29, 1.82) is 0 Å². The Labute approximate surface area is 123 Å². The molecule has 0 saturated heterocycles. The molecule has 0 amide bonds. The van der Waals surface area contributed by atoms with Crippen LogP contribution in [-0.4, -0.2) is 8.42 Å². The first-order chi connectivity index (χ1) is 8.92. The van der Waals surface area contributed by atoms with Gasteiger partial charge in [0.05, 0.1) is 12.2 Å². The molecule has 3 N–H and O–H groups in total. The Bertz CT molecular complexity index is 700. The largest absolute Gasteiger partial charge is 0.446 e. The van der Waals surface area contributed by atoms with E-state index in [4.69, 9.17) is 21.8 Å². The first kappa shape index (κ1) is 14.4. The minimum Gasteiger partial charge on any atom is -0.446 e. The Hall–Kier alpha value is -1.02. The summed E-state index contributed by atoms with van der Waals surface area (Å²) in [6.45, 7) is 0.135. The van der Waals surface area contributed by atoms with Crippen LogP contribution in [0, 0.1) is 0 Å². The molecule has 0 bridgehead atoms. The summed E-state index contributed by atoms with van der Waals surface area (Å²) in [5.41, 5.74) is 5.70. The summed E-state index contributed by atoms with van der Waals surface area (Å²) >= 11 is 9.06. The van der Waals surface area contributed by atoms with Crippen LogP contribution < -0.4 is 10.5 Å². The molecule has 102 valence electrons. The van der Waals surface area contributed by atoms with Crippen molar-refractivity contribution >= 4 is 43.2 Å². The Morgan fingerprint density at radius 2 is 2.05 bits per heavy atom. The number of benzene rings is 1. The average Bonchev–Trinajstić information content (AvgIpc) is 2.83. The standard InChI is InChI=1S/C11H10BrClN2O3S/c12-9-3-1-7(13)5-10(9)15-19(16,17)11-4-2-8(6-14)18-11/h1-5,15H,6,14H2. The molecule has 0 radical (unpaired) electrons. The molecule has 0 aliphatic carbocycles. The molecule has 0 saturated carbocycles. The van der Waals surface area contributed by atoms with E-state index in [1.54, 1.807) is 12.1 Å². The predicted molar refractivity (Wildman–Crippen MR) is 76.6 cm³/mol. The second-order valence-electron chi connectivity index (χ2n) is 3.65. The number of rotatable bonds is 4. The molecule has 2 aromatic rings. The Kier molecular flexibility index (Phi) is 4.19. The van der Waals surface area contributed by atoms with Gasteiger partial charge in [0.1, 0.15) is 5.76 Å². The van der Waals surface area contributed by atoms with Crippen molar-refractivity contribution in [1.82, 2.24) is 0 Å². The van der Waals surface area contributed by atoms with Crippen molar-refractivity contribution in [3.05, 3.63) is 45.6 Å². The Balaban J connectivity index is 2.33. The minimum absolute atomic E-state index is 0.135. The first-order valence-electron chi connectivity index (χ1n) is 5.19. The molecule has 5 nitrogen and oxygen atoms in total. The van der Waals surface area contributed by atoms with E-state index >= 15 is 0 Å². The lowest BCUT2D eigenvalue weighted by Gasteiger charge is -2.08. The van der Waals surface area contributed by atoms with Crippen LogP contribution in [0.1, 0.15) is 5.76 Å². The van der Waals surface area contributed by atoms with Gasteiger partial charge in [-0.15, -0.1) is 0 Å². The van der Waals surface area contributed by atoms with Crippen LogP contribution in [0.25, 0.3) is 0 Å². The molecule has 19 heavy (non-hydrogen) atoms. The van der Waals surface area contributed by atoms with E-state index in [9.17, 15) is 8.42 Å². The van der Waals surface area contributed by atoms with Crippen LogP contribution in [0.5, 0.6) is 0 Å². The van der Waals surface area contributed by atoms with Crippen LogP contribution >= 0.6 is 27.5 Å². The quantitative estimate of drug-likeness (QED) is 0.872. The second kappa shape index (κ2) is 5.54. The minimum atomic E-state index is -3.80. The Morgan fingerprint density at radius 1 is 1.32 bits per heavy atom. The van der Waals surface area contributed by atoms with Gasteiger partial charge in [-0.05, 0) is 46.3 Å². The molecule has 2 rings (SSSR count). The third-order valence-electron chi connectivity index (χ3n) is 2.28. The summed E-state index contributed by atoms with van der Waals surface area (Å²) in [4.78, 5) is 0. The fourth-order valence-electron chi connectivity index (χ4n) is 1.38. The van der Waals surface area contributed by atoms with Gasteiger partial charge in [0.25, 0.3) is 10.0 Å². The number of anilines is 1. The molecule has 0 spiro atoms. The molecule has 1 heterocycles. The number of sulfonamides is 1. The van der Waals surface area contributed by atoms with Gasteiger partial charge in [0.2, 0.25) is 5.09 Å². The highest BCUT2D eigenvalue weighted by Crippen LogP contribution is 2.28. The predicted octanol–water partition coefficient (Wildman–Crippen LogP) is 2.96. The molecular formula is C11H10BrClN2O3S. The van der Waals surface area contributed by atoms with Crippen LogP contribution in [0.2, 0.25) is 5.02 Å². The molecule has 8 heteroatoms. The summed E-state index contributed by atoms with van der Waals surface area (Å²) in [5.74, 6) is 0.394. The highest BCUT2D eigenvalue weighted by Gasteiger charge is 2.19. The fraction of sp³-hybridized carbons (Fsp3) is 0.0909. The maximum absolute atomic E-state index is 12.1. The molecule has 0 unspecified atom stereocenters. The van der Waals surface area contributed by atoms with Crippen LogP contribution in [-0.2, 0) is 16.6 Å². The number of furan rings is 1. The van der Waals surface area contributed by atoms with E-state index in [-0.39, 0.29) is 11.6 Å². The number of nitrogens with two attached hydrogens (primary N) is 1. The monoisotopic (exact) mass is 364 g/mol. The van der Waals surface area contributed by atoms with E-state index in [1.807, 2.05) is 0 Å². The van der Waals surface area contributed by atoms with Crippen molar-refractivity contribution in [2.24, 2.45) is 5.73 Å². The molecule has 0 fully saturated rings. The summed E-state index contributed by atoms with van der Waals surface area (Å²) in [6.07, 6.45) is 0. The van der Waals surface area contributed by atoms with Crippen molar-refractivity contribution in [3.63, 3.8) is 0 Å². The summed E-state index contributed by atoms with van der Waals surface area (Å²) < 4.78 is 32.2. The number of nitrogens with one attached hydrogen (secondary N) is 1. The third kappa shape index (κ3) is 3.30. The smallest absolute Gasteiger partial charge is 0.295 e. The summed E-state index contributed by atoms with van der Waals surface area (Å²) in [7, 11) is -3.80. The van der Waals surface area contributed by atoms with Crippen molar-refractivity contribution in [2.75, 3.05) is 4.72 Å². The molecular weight excluding hydrogens is 356 g/mol. The SMILES string of the molecule is NCc1ccc(S(=O)(=O)Nc2cc(Cl)ccc2Br)o1. The third-order valence-corrected chi connectivity index (χ3v) is 4.44. The van der Waals surface area contributed by atoms with Crippen LogP contribution in [0.4, 0.5) is 5.69 Å². The van der Waals surface area contributed by atoms with Crippen LogP contribution in [0.3, 0.4) is 0 Å². The van der Waals surface area contributed by atoms with E-state index in [2.05, 4.69) is 20.7 Å². The number of hydrogen-bond donors (Lipinski definition) is 2. The molecule has 1 aromatic heterocycles. The van der Waals surface area contributed by atoms with Crippen molar-refractivity contribution in [2.45, 2.75) is 11.6 Å². The van der Waals surface area contributed by atoms with E-state index in [1.165, 1.54) is 18.2 Å². The van der Waals surface area contributed by atoms with Gasteiger partial charge in [-0.2, -0.15) is 8.42 Å². The average molecular weight is 366 g/mol. The van der Waals surface area contributed by atoms with Gasteiger partial charge in [0, 0.05) is 9.50 Å². The van der Waals surface area contributed by atoms with Gasteiger partial charge >= 0.3 is 0 Å². The maximum Gasteiger partial charge on any atom is 0.295 e.